The number of carboxylic acids is 1. The fraction of sp³-hybridized carbons (Fsp3) is 0.571. The molecule has 1 fully saturated rings. The number of hydrogen-bond acceptors (Lipinski definition) is 5. The topological polar surface area (TPSA) is 74.7 Å². The van der Waals surface area contributed by atoms with Crippen molar-refractivity contribution in [3.8, 4) is 0 Å². The molecule has 0 unspecified atom stereocenters. The lowest BCUT2D eigenvalue weighted by molar-refractivity contribution is 0.0374. The number of ether oxygens (including phenoxy) is 1. The van der Waals surface area contributed by atoms with Gasteiger partial charge in [0.25, 0.3) is 0 Å². The van der Waals surface area contributed by atoms with Gasteiger partial charge < -0.3 is 15.2 Å². The van der Waals surface area contributed by atoms with Crippen LogP contribution >= 0.6 is 0 Å². The molecular weight excluding hydrogens is 258 g/mol. The van der Waals surface area contributed by atoms with E-state index in [1.807, 2.05) is 0 Å². The molecule has 0 aliphatic carbocycles. The van der Waals surface area contributed by atoms with Gasteiger partial charge in [0.2, 0.25) is 0 Å². The van der Waals surface area contributed by atoms with Gasteiger partial charge in [-0.3, -0.25) is 9.88 Å². The Hall–Kier alpha value is -1.50. The molecule has 1 aromatic rings. The smallest absolute Gasteiger partial charge is 0.337 e. The van der Waals surface area contributed by atoms with Crippen molar-refractivity contribution in [2.75, 3.05) is 39.4 Å². The number of hydrogen-bond donors (Lipinski definition) is 2. The monoisotopic (exact) mass is 279 g/mol. The molecule has 2 heterocycles. The molecule has 1 aliphatic heterocycles. The van der Waals surface area contributed by atoms with Gasteiger partial charge in [-0.2, -0.15) is 0 Å². The number of carboxylic acid groups (broad SMARTS) is 1. The summed E-state index contributed by atoms with van der Waals surface area (Å²) in [5.41, 5.74) is 1.09. The van der Waals surface area contributed by atoms with Crippen LogP contribution in [0.25, 0.3) is 0 Å². The Bertz CT molecular complexity index is 416. The van der Waals surface area contributed by atoms with Crippen LogP contribution in [0.3, 0.4) is 0 Å². The first-order chi connectivity index (χ1) is 9.75. The van der Waals surface area contributed by atoms with Gasteiger partial charge in [0.1, 0.15) is 0 Å². The SMILES string of the molecule is O=C(O)c1ccc(CNCCCN2CCOCC2)nc1. The Morgan fingerprint density at radius 2 is 2.20 bits per heavy atom. The summed E-state index contributed by atoms with van der Waals surface area (Å²) in [6.07, 6.45) is 2.49. The Labute approximate surface area is 118 Å². The van der Waals surface area contributed by atoms with Gasteiger partial charge in [-0.05, 0) is 31.6 Å². The third kappa shape index (κ3) is 4.88. The molecule has 6 nitrogen and oxygen atoms in total. The first kappa shape index (κ1) is 14.9. The lowest BCUT2D eigenvalue weighted by atomic mass is 10.2. The van der Waals surface area contributed by atoms with Crippen LogP contribution in [0.4, 0.5) is 0 Å². The van der Waals surface area contributed by atoms with Crippen LogP contribution in [-0.4, -0.2) is 60.4 Å². The molecule has 1 aliphatic rings. The summed E-state index contributed by atoms with van der Waals surface area (Å²) in [5, 5.41) is 12.1. The largest absolute Gasteiger partial charge is 0.478 e. The summed E-state index contributed by atoms with van der Waals surface area (Å²) in [7, 11) is 0. The summed E-state index contributed by atoms with van der Waals surface area (Å²) in [5.74, 6) is -0.942. The quantitative estimate of drug-likeness (QED) is 0.712. The second-order valence-corrected chi connectivity index (χ2v) is 4.83. The zero-order valence-electron chi connectivity index (χ0n) is 11.5. The van der Waals surface area contributed by atoms with Gasteiger partial charge in [-0.15, -0.1) is 0 Å². The van der Waals surface area contributed by atoms with Crippen LogP contribution < -0.4 is 5.32 Å². The fourth-order valence-electron chi connectivity index (χ4n) is 2.12. The molecule has 2 rings (SSSR count). The third-order valence-electron chi connectivity index (χ3n) is 3.31. The summed E-state index contributed by atoms with van der Waals surface area (Å²) in [6.45, 7) is 6.42. The highest BCUT2D eigenvalue weighted by atomic mass is 16.5. The van der Waals surface area contributed by atoms with Crippen LogP contribution in [0.2, 0.25) is 0 Å². The highest BCUT2D eigenvalue weighted by Gasteiger charge is 2.09. The molecule has 20 heavy (non-hydrogen) atoms. The summed E-state index contributed by atoms with van der Waals surface area (Å²) < 4.78 is 5.30. The summed E-state index contributed by atoms with van der Waals surface area (Å²) in [6, 6.07) is 3.33. The van der Waals surface area contributed by atoms with E-state index < -0.39 is 5.97 Å². The van der Waals surface area contributed by atoms with Crippen molar-refractivity contribution in [3.63, 3.8) is 0 Å². The van der Waals surface area contributed by atoms with Crippen molar-refractivity contribution < 1.29 is 14.6 Å². The zero-order chi connectivity index (χ0) is 14.2. The van der Waals surface area contributed by atoms with Crippen molar-refractivity contribution in [1.29, 1.82) is 0 Å². The van der Waals surface area contributed by atoms with Crippen molar-refractivity contribution in [2.24, 2.45) is 0 Å². The standard InChI is InChI=1S/C14H21N3O3/c18-14(19)12-2-3-13(16-10-12)11-15-4-1-5-17-6-8-20-9-7-17/h2-3,10,15H,1,4-9,11H2,(H,18,19). The van der Waals surface area contributed by atoms with Crippen LogP contribution in [0.1, 0.15) is 22.5 Å². The van der Waals surface area contributed by atoms with Crippen molar-refractivity contribution in [1.82, 2.24) is 15.2 Å². The van der Waals surface area contributed by atoms with Crippen LogP contribution in [0.5, 0.6) is 0 Å². The minimum Gasteiger partial charge on any atom is -0.478 e. The number of nitrogens with one attached hydrogen (secondary N) is 1. The van der Waals surface area contributed by atoms with E-state index in [1.165, 1.54) is 6.20 Å². The van der Waals surface area contributed by atoms with Gasteiger partial charge in [0.05, 0.1) is 24.5 Å². The molecule has 0 aromatic carbocycles. The maximum atomic E-state index is 10.7. The number of aromatic carboxylic acids is 1. The molecule has 0 atom stereocenters. The van der Waals surface area contributed by atoms with Crippen LogP contribution in [-0.2, 0) is 11.3 Å². The number of nitrogens with zero attached hydrogens (tertiary/aromatic N) is 2. The first-order valence-electron chi connectivity index (χ1n) is 6.95. The van der Waals surface area contributed by atoms with Crippen molar-refractivity contribution >= 4 is 5.97 Å². The normalized spacial score (nSPS) is 16.2. The molecule has 0 saturated carbocycles. The third-order valence-corrected chi connectivity index (χ3v) is 3.31. The van der Waals surface area contributed by atoms with E-state index in [9.17, 15) is 4.79 Å². The predicted octanol–water partition coefficient (Wildman–Crippen LogP) is 0.592. The minimum atomic E-state index is -0.942. The van der Waals surface area contributed by atoms with E-state index in [0.717, 1.165) is 51.5 Å². The van der Waals surface area contributed by atoms with E-state index in [-0.39, 0.29) is 5.56 Å². The van der Waals surface area contributed by atoms with Gasteiger partial charge in [0, 0.05) is 25.8 Å². The highest BCUT2D eigenvalue weighted by Crippen LogP contribution is 2.00. The average Bonchev–Trinajstić information content (AvgIpc) is 2.48. The second-order valence-electron chi connectivity index (χ2n) is 4.83. The molecule has 110 valence electrons. The lowest BCUT2D eigenvalue weighted by Crippen LogP contribution is -2.37. The van der Waals surface area contributed by atoms with Gasteiger partial charge >= 0.3 is 5.97 Å². The number of morpholine rings is 1. The average molecular weight is 279 g/mol. The fourth-order valence-corrected chi connectivity index (χ4v) is 2.12. The number of rotatable bonds is 7. The molecule has 1 aromatic heterocycles. The molecule has 6 heteroatoms. The van der Waals surface area contributed by atoms with E-state index in [0.29, 0.717) is 6.54 Å². The summed E-state index contributed by atoms with van der Waals surface area (Å²) in [4.78, 5) is 17.2. The van der Waals surface area contributed by atoms with Gasteiger partial charge in [-0.1, -0.05) is 0 Å². The van der Waals surface area contributed by atoms with E-state index >= 15 is 0 Å². The number of carbonyl (C=O) groups is 1. The Morgan fingerprint density at radius 1 is 1.40 bits per heavy atom. The van der Waals surface area contributed by atoms with Crippen molar-refractivity contribution in [3.05, 3.63) is 29.6 Å². The lowest BCUT2D eigenvalue weighted by Gasteiger charge is -2.26. The van der Waals surface area contributed by atoms with Gasteiger partial charge in [0.15, 0.2) is 0 Å². The summed E-state index contributed by atoms with van der Waals surface area (Å²) >= 11 is 0. The number of pyridine rings is 1. The number of aromatic nitrogens is 1. The first-order valence-corrected chi connectivity index (χ1v) is 6.95. The molecular formula is C14H21N3O3. The maximum Gasteiger partial charge on any atom is 0.337 e. The molecule has 0 amide bonds. The molecule has 0 radical (unpaired) electrons. The molecule has 2 N–H and O–H groups in total. The zero-order valence-corrected chi connectivity index (χ0v) is 11.5. The van der Waals surface area contributed by atoms with E-state index in [4.69, 9.17) is 9.84 Å². The Morgan fingerprint density at radius 3 is 2.85 bits per heavy atom. The van der Waals surface area contributed by atoms with Crippen LogP contribution in [0.15, 0.2) is 18.3 Å². The van der Waals surface area contributed by atoms with Crippen molar-refractivity contribution in [2.45, 2.75) is 13.0 Å². The molecule has 1 saturated heterocycles. The minimum absolute atomic E-state index is 0.223. The predicted molar refractivity (Wildman–Crippen MR) is 74.8 cm³/mol. The molecule has 0 bridgehead atoms. The van der Waals surface area contributed by atoms with Crippen LogP contribution in [0, 0.1) is 0 Å². The van der Waals surface area contributed by atoms with E-state index in [2.05, 4.69) is 15.2 Å². The maximum absolute atomic E-state index is 10.7. The van der Waals surface area contributed by atoms with E-state index in [1.54, 1.807) is 12.1 Å². The van der Waals surface area contributed by atoms with Gasteiger partial charge in [-0.25, -0.2) is 4.79 Å². The highest BCUT2D eigenvalue weighted by molar-refractivity contribution is 5.87. The second kappa shape index (κ2) is 7.94. The Balaban J connectivity index is 1.59. The molecule has 0 spiro atoms. The Kier molecular flexibility index (Phi) is 5.91.